The van der Waals surface area contributed by atoms with Crippen molar-refractivity contribution < 1.29 is 9.59 Å². The zero-order chi connectivity index (χ0) is 15.4. The Morgan fingerprint density at radius 1 is 1.33 bits per heavy atom. The normalized spacial score (nSPS) is 15.9. The third-order valence-electron chi connectivity index (χ3n) is 3.91. The number of benzene rings is 1. The number of amides is 2. The quantitative estimate of drug-likeness (QED) is 0.909. The van der Waals surface area contributed by atoms with Crippen LogP contribution in [-0.2, 0) is 4.79 Å². The van der Waals surface area contributed by atoms with Crippen LogP contribution in [0.3, 0.4) is 0 Å². The van der Waals surface area contributed by atoms with E-state index in [1.165, 1.54) is 0 Å². The number of likely N-dealkylation sites (tertiary alicyclic amines) is 1. The molecule has 114 valence electrons. The first kappa shape index (κ1) is 16.0. The largest absolute Gasteiger partial charge is 0.356 e. The van der Waals surface area contributed by atoms with Crippen molar-refractivity contribution >= 4 is 27.7 Å². The van der Waals surface area contributed by atoms with Gasteiger partial charge in [0.05, 0.1) is 0 Å². The number of halogens is 1. The van der Waals surface area contributed by atoms with Gasteiger partial charge < -0.3 is 10.2 Å². The molecule has 0 atom stereocenters. The molecule has 1 aromatic carbocycles. The van der Waals surface area contributed by atoms with E-state index in [1.54, 1.807) is 0 Å². The van der Waals surface area contributed by atoms with Gasteiger partial charge in [0, 0.05) is 35.6 Å². The Balaban J connectivity index is 1.97. The molecule has 2 amide bonds. The molecule has 5 heteroatoms. The van der Waals surface area contributed by atoms with Crippen LogP contribution < -0.4 is 5.32 Å². The van der Waals surface area contributed by atoms with Crippen LogP contribution >= 0.6 is 15.9 Å². The second kappa shape index (κ2) is 7.07. The van der Waals surface area contributed by atoms with Crippen molar-refractivity contribution in [3.05, 3.63) is 33.8 Å². The van der Waals surface area contributed by atoms with Crippen LogP contribution in [0.1, 0.15) is 35.7 Å². The molecule has 0 saturated carbocycles. The van der Waals surface area contributed by atoms with Crippen LogP contribution in [0.15, 0.2) is 22.7 Å². The molecule has 0 aromatic heterocycles. The lowest BCUT2D eigenvalue weighted by molar-refractivity contribution is -0.126. The number of nitrogens with one attached hydrogen (secondary N) is 1. The first-order valence-electron chi connectivity index (χ1n) is 7.36. The van der Waals surface area contributed by atoms with Gasteiger partial charge in [-0.3, -0.25) is 9.59 Å². The Kier molecular flexibility index (Phi) is 5.39. The van der Waals surface area contributed by atoms with Crippen molar-refractivity contribution in [2.24, 2.45) is 5.92 Å². The van der Waals surface area contributed by atoms with E-state index in [2.05, 4.69) is 21.2 Å². The predicted molar refractivity (Wildman–Crippen MR) is 86.2 cm³/mol. The summed E-state index contributed by atoms with van der Waals surface area (Å²) in [4.78, 5) is 26.1. The third kappa shape index (κ3) is 3.84. The Bertz CT molecular complexity index is 537. The lowest BCUT2D eigenvalue weighted by Crippen LogP contribution is -2.43. The van der Waals surface area contributed by atoms with E-state index in [0.29, 0.717) is 25.2 Å². The molecule has 1 fully saturated rings. The lowest BCUT2D eigenvalue weighted by Gasteiger charge is -2.31. The number of hydrogen-bond acceptors (Lipinski definition) is 2. The maximum absolute atomic E-state index is 12.5. The fourth-order valence-electron chi connectivity index (χ4n) is 2.62. The van der Waals surface area contributed by atoms with Crippen molar-refractivity contribution in [2.45, 2.75) is 26.7 Å². The van der Waals surface area contributed by atoms with Gasteiger partial charge in [0.25, 0.3) is 5.91 Å². The number of aryl methyl sites for hydroxylation is 1. The molecule has 0 radical (unpaired) electrons. The van der Waals surface area contributed by atoms with Crippen LogP contribution in [-0.4, -0.2) is 36.3 Å². The number of rotatable bonds is 3. The number of piperidine rings is 1. The smallest absolute Gasteiger partial charge is 0.253 e. The van der Waals surface area contributed by atoms with Crippen LogP contribution in [0, 0.1) is 12.8 Å². The Morgan fingerprint density at radius 2 is 2.00 bits per heavy atom. The number of carbonyl (C=O) groups excluding carboxylic acids is 2. The molecule has 1 saturated heterocycles. The summed E-state index contributed by atoms with van der Waals surface area (Å²) in [6.07, 6.45) is 1.49. The summed E-state index contributed by atoms with van der Waals surface area (Å²) >= 11 is 3.44. The monoisotopic (exact) mass is 352 g/mol. The second-order valence-electron chi connectivity index (χ2n) is 5.43. The SMILES string of the molecule is CCNC(=O)C1CCN(C(=O)c2ccc(Br)c(C)c2)CC1. The summed E-state index contributed by atoms with van der Waals surface area (Å²) in [7, 11) is 0. The van der Waals surface area contributed by atoms with Crippen LogP contribution in [0.2, 0.25) is 0 Å². The topological polar surface area (TPSA) is 49.4 Å². The van der Waals surface area contributed by atoms with Gasteiger partial charge in [0.1, 0.15) is 0 Å². The summed E-state index contributed by atoms with van der Waals surface area (Å²) < 4.78 is 1.01. The van der Waals surface area contributed by atoms with Crippen molar-refractivity contribution in [2.75, 3.05) is 19.6 Å². The molecule has 0 bridgehead atoms. The first-order chi connectivity index (χ1) is 10.0. The highest BCUT2D eigenvalue weighted by atomic mass is 79.9. The maximum Gasteiger partial charge on any atom is 0.253 e. The summed E-state index contributed by atoms with van der Waals surface area (Å²) in [5.41, 5.74) is 1.77. The van der Waals surface area contributed by atoms with Gasteiger partial charge in [-0.25, -0.2) is 0 Å². The van der Waals surface area contributed by atoms with Gasteiger partial charge >= 0.3 is 0 Å². The summed E-state index contributed by atoms with van der Waals surface area (Å²) in [6, 6.07) is 5.65. The van der Waals surface area contributed by atoms with E-state index in [1.807, 2.05) is 36.9 Å². The molecule has 1 aromatic rings. The van der Waals surface area contributed by atoms with E-state index >= 15 is 0 Å². The molecule has 1 aliphatic heterocycles. The molecule has 2 rings (SSSR count). The zero-order valence-corrected chi connectivity index (χ0v) is 14.1. The van der Waals surface area contributed by atoms with Gasteiger partial charge in [-0.2, -0.15) is 0 Å². The standard InChI is InChI=1S/C16H21BrN2O2/c1-3-18-15(20)12-6-8-19(9-7-12)16(21)13-4-5-14(17)11(2)10-13/h4-5,10,12H,3,6-9H2,1-2H3,(H,18,20). The highest BCUT2D eigenvalue weighted by molar-refractivity contribution is 9.10. The molecule has 1 aliphatic rings. The zero-order valence-electron chi connectivity index (χ0n) is 12.5. The van der Waals surface area contributed by atoms with E-state index in [0.717, 1.165) is 22.9 Å². The average molecular weight is 353 g/mol. The predicted octanol–water partition coefficient (Wildman–Crippen LogP) is 2.75. The van der Waals surface area contributed by atoms with Crippen molar-refractivity contribution in [1.29, 1.82) is 0 Å². The fraction of sp³-hybridized carbons (Fsp3) is 0.500. The minimum Gasteiger partial charge on any atom is -0.356 e. The van der Waals surface area contributed by atoms with Crippen molar-refractivity contribution in [3.63, 3.8) is 0 Å². The molecule has 21 heavy (non-hydrogen) atoms. The number of hydrogen-bond donors (Lipinski definition) is 1. The maximum atomic E-state index is 12.5. The van der Waals surface area contributed by atoms with Gasteiger partial charge in [-0.05, 0) is 50.5 Å². The van der Waals surface area contributed by atoms with E-state index in [4.69, 9.17) is 0 Å². The molecule has 1 heterocycles. The first-order valence-corrected chi connectivity index (χ1v) is 8.15. The van der Waals surface area contributed by atoms with Crippen molar-refractivity contribution in [1.82, 2.24) is 10.2 Å². The van der Waals surface area contributed by atoms with Gasteiger partial charge in [-0.15, -0.1) is 0 Å². The highest BCUT2D eigenvalue weighted by Crippen LogP contribution is 2.22. The van der Waals surface area contributed by atoms with Gasteiger partial charge in [-0.1, -0.05) is 15.9 Å². The highest BCUT2D eigenvalue weighted by Gasteiger charge is 2.27. The molecular weight excluding hydrogens is 332 g/mol. The summed E-state index contributed by atoms with van der Waals surface area (Å²) in [5, 5.41) is 2.86. The van der Waals surface area contributed by atoms with E-state index < -0.39 is 0 Å². The Morgan fingerprint density at radius 3 is 2.57 bits per heavy atom. The molecule has 1 N–H and O–H groups in total. The summed E-state index contributed by atoms with van der Waals surface area (Å²) in [5.74, 6) is 0.213. The van der Waals surface area contributed by atoms with E-state index in [9.17, 15) is 9.59 Å². The van der Waals surface area contributed by atoms with Gasteiger partial charge in [0.15, 0.2) is 0 Å². The van der Waals surface area contributed by atoms with Crippen LogP contribution in [0.5, 0.6) is 0 Å². The minimum atomic E-state index is 0.0423. The van der Waals surface area contributed by atoms with E-state index in [-0.39, 0.29) is 17.7 Å². The number of carbonyl (C=O) groups is 2. The van der Waals surface area contributed by atoms with Crippen molar-refractivity contribution in [3.8, 4) is 0 Å². The third-order valence-corrected chi connectivity index (χ3v) is 4.80. The summed E-state index contributed by atoms with van der Waals surface area (Å²) in [6.45, 7) is 5.86. The molecule has 0 spiro atoms. The Labute approximate surface area is 134 Å². The molecule has 0 unspecified atom stereocenters. The fourth-order valence-corrected chi connectivity index (χ4v) is 2.87. The minimum absolute atomic E-state index is 0.0423. The Hall–Kier alpha value is -1.36. The lowest BCUT2D eigenvalue weighted by atomic mass is 9.95. The second-order valence-corrected chi connectivity index (χ2v) is 6.28. The average Bonchev–Trinajstić information content (AvgIpc) is 2.50. The molecule has 0 aliphatic carbocycles. The number of nitrogens with zero attached hydrogens (tertiary/aromatic N) is 1. The van der Waals surface area contributed by atoms with Gasteiger partial charge in [0.2, 0.25) is 5.91 Å². The van der Waals surface area contributed by atoms with Crippen LogP contribution in [0.25, 0.3) is 0 Å². The molecular formula is C16H21BrN2O2. The van der Waals surface area contributed by atoms with Crippen LogP contribution in [0.4, 0.5) is 0 Å². The molecule has 4 nitrogen and oxygen atoms in total.